The smallest absolute Gasteiger partial charge is 0.190 e. The average molecular weight is 532 g/mol. The van der Waals surface area contributed by atoms with Gasteiger partial charge in [-0.25, -0.2) is 0 Å². The lowest BCUT2D eigenvalue weighted by Gasteiger charge is -2.21. The van der Waals surface area contributed by atoms with E-state index < -0.39 is 0 Å². The molecule has 1 aromatic heterocycles. The number of aromatic nitrogens is 1. The van der Waals surface area contributed by atoms with E-state index in [1.54, 1.807) is 26.4 Å². The first-order valence-corrected chi connectivity index (χ1v) is 10.8. The van der Waals surface area contributed by atoms with Gasteiger partial charge in [0.1, 0.15) is 0 Å². The summed E-state index contributed by atoms with van der Waals surface area (Å²) in [6.45, 7) is 0.573. The maximum absolute atomic E-state index is 13.2. The van der Waals surface area contributed by atoms with Crippen molar-refractivity contribution < 1.29 is 9.47 Å². The summed E-state index contributed by atoms with van der Waals surface area (Å²) in [6, 6.07) is 21.1. The minimum atomic E-state index is -0.0944. The van der Waals surface area contributed by atoms with Gasteiger partial charge >= 0.3 is 0 Å². The summed E-state index contributed by atoms with van der Waals surface area (Å²) >= 11 is 8.74. The number of hydrogen-bond acceptors (Lipinski definition) is 3. The predicted molar refractivity (Wildman–Crippen MR) is 130 cm³/mol. The average Bonchev–Trinajstić information content (AvgIpc) is 2.76. The molecule has 0 saturated heterocycles. The first-order valence-electron chi connectivity index (χ1n) is 9.32. The third-order valence-electron chi connectivity index (χ3n) is 5.01. The molecule has 0 atom stereocenters. The molecule has 4 rings (SSSR count). The molecule has 6 heteroatoms. The number of hydrogen-bond donors (Lipinski definition) is 0. The molecule has 1 heterocycles. The fraction of sp³-hybridized carbons (Fsp3) is 0.125. The summed E-state index contributed by atoms with van der Waals surface area (Å²) in [5.74, 6) is 1.13. The molecule has 4 nitrogen and oxygen atoms in total. The van der Waals surface area contributed by atoms with Crippen LogP contribution in [0.1, 0.15) is 5.56 Å². The van der Waals surface area contributed by atoms with Crippen LogP contribution in [0.25, 0.3) is 22.2 Å². The minimum absolute atomic E-state index is 0.0944. The van der Waals surface area contributed by atoms with Crippen molar-refractivity contribution in [3.63, 3.8) is 0 Å². The molecular weight excluding hydrogens is 513 g/mol. The van der Waals surface area contributed by atoms with Crippen LogP contribution in [-0.4, -0.2) is 18.8 Å². The molecule has 0 aliphatic rings. The fourth-order valence-corrected chi connectivity index (χ4v) is 4.92. The van der Waals surface area contributed by atoms with Crippen molar-refractivity contribution in [3.05, 3.63) is 91.1 Å². The quantitative estimate of drug-likeness (QED) is 0.297. The molecule has 0 fully saturated rings. The van der Waals surface area contributed by atoms with Crippen molar-refractivity contribution in [3.8, 4) is 22.8 Å². The number of benzene rings is 3. The van der Waals surface area contributed by atoms with E-state index in [1.165, 1.54) is 0 Å². The maximum Gasteiger partial charge on any atom is 0.190 e. The first kappa shape index (κ1) is 20.8. The molecule has 0 bridgehead atoms. The Kier molecular flexibility index (Phi) is 6.01. The molecular formula is C24H19ClINO3. The molecule has 0 saturated carbocycles. The lowest BCUT2D eigenvalue weighted by atomic mass is 10.1. The summed E-state index contributed by atoms with van der Waals surface area (Å²) in [5, 5.41) is 1.16. The molecule has 152 valence electrons. The van der Waals surface area contributed by atoms with Gasteiger partial charge in [0.15, 0.2) is 16.9 Å². The molecule has 30 heavy (non-hydrogen) atoms. The SMILES string of the molecule is COc1cc2c(=O)cc(-c3ccccc3Cl)n(Cc3ccccc3)c2c(I)c1OC. The summed E-state index contributed by atoms with van der Waals surface area (Å²) in [5.41, 5.74) is 3.37. The Balaban J connectivity index is 2.13. The van der Waals surface area contributed by atoms with E-state index in [4.69, 9.17) is 21.1 Å². The van der Waals surface area contributed by atoms with Crippen molar-refractivity contribution in [2.75, 3.05) is 14.2 Å². The van der Waals surface area contributed by atoms with E-state index in [9.17, 15) is 4.79 Å². The number of fused-ring (bicyclic) bond motifs is 1. The van der Waals surface area contributed by atoms with E-state index in [0.717, 1.165) is 25.9 Å². The first-order chi connectivity index (χ1) is 14.5. The van der Waals surface area contributed by atoms with Crippen molar-refractivity contribution in [2.45, 2.75) is 6.54 Å². The van der Waals surface area contributed by atoms with Crippen LogP contribution in [0, 0.1) is 3.57 Å². The monoisotopic (exact) mass is 531 g/mol. The Morgan fingerprint density at radius 1 is 0.967 bits per heavy atom. The van der Waals surface area contributed by atoms with Crippen LogP contribution < -0.4 is 14.9 Å². The van der Waals surface area contributed by atoms with Crippen molar-refractivity contribution in [1.29, 1.82) is 0 Å². The number of methoxy groups -OCH3 is 2. The Morgan fingerprint density at radius 2 is 1.67 bits per heavy atom. The molecule has 3 aromatic carbocycles. The Bertz CT molecular complexity index is 1290. The summed E-state index contributed by atoms with van der Waals surface area (Å²) in [4.78, 5) is 13.2. The second kappa shape index (κ2) is 8.70. The van der Waals surface area contributed by atoms with Crippen molar-refractivity contribution in [2.24, 2.45) is 0 Å². The van der Waals surface area contributed by atoms with E-state index in [1.807, 2.05) is 42.5 Å². The molecule has 0 N–H and O–H groups in total. The van der Waals surface area contributed by atoms with Crippen LogP contribution in [0.3, 0.4) is 0 Å². The highest BCUT2D eigenvalue weighted by atomic mass is 127. The zero-order valence-corrected chi connectivity index (χ0v) is 19.4. The predicted octanol–water partition coefficient (Wildman–Crippen LogP) is 5.99. The summed E-state index contributed by atoms with van der Waals surface area (Å²) in [6.07, 6.45) is 0. The molecule has 0 amide bonds. The highest BCUT2D eigenvalue weighted by Crippen LogP contribution is 2.39. The van der Waals surface area contributed by atoms with Crippen LogP contribution >= 0.6 is 34.2 Å². The zero-order chi connectivity index (χ0) is 21.3. The van der Waals surface area contributed by atoms with Gasteiger partial charge in [-0.2, -0.15) is 0 Å². The largest absolute Gasteiger partial charge is 0.493 e. The van der Waals surface area contributed by atoms with Gasteiger partial charge in [0.25, 0.3) is 0 Å². The second-order valence-electron chi connectivity index (χ2n) is 6.77. The fourth-order valence-electron chi connectivity index (χ4n) is 3.62. The highest BCUT2D eigenvalue weighted by molar-refractivity contribution is 14.1. The topological polar surface area (TPSA) is 40.5 Å². The lowest BCUT2D eigenvalue weighted by Crippen LogP contribution is -2.15. The molecule has 0 aliphatic carbocycles. The third-order valence-corrected chi connectivity index (χ3v) is 6.34. The van der Waals surface area contributed by atoms with Crippen LogP contribution in [0.15, 0.2) is 71.5 Å². The maximum atomic E-state index is 13.2. The van der Waals surface area contributed by atoms with Gasteiger partial charge in [-0.05, 0) is 40.3 Å². The number of rotatable bonds is 5. The number of pyridine rings is 1. The van der Waals surface area contributed by atoms with E-state index in [2.05, 4.69) is 39.3 Å². The summed E-state index contributed by atoms with van der Waals surface area (Å²) < 4.78 is 14.0. The van der Waals surface area contributed by atoms with Gasteiger partial charge in [-0.15, -0.1) is 0 Å². The molecule has 0 radical (unpaired) electrons. The molecule has 0 unspecified atom stereocenters. The van der Waals surface area contributed by atoms with Crippen LogP contribution in [0.2, 0.25) is 5.02 Å². The minimum Gasteiger partial charge on any atom is -0.493 e. The van der Waals surface area contributed by atoms with Crippen LogP contribution in [0.5, 0.6) is 11.5 Å². The van der Waals surface area contributed by atoms with Gasteiger partial charge in [0.2, 0.25) is 0 Å². The zero-order valence-electron chi connectivity index (χ0n) is 16.5. The molecule has 0 spiro atoms. The van der Waals surface area contributed by atoms with E-state index >= 15 is 0 Å². The van der Waals surface area contributed by atoms with Crippen molar-refractivity contribution in [1.82, 2.24) is 4.57 Å². The Hall–Kier alpha value is -2.51. The van der Waals surface area contributed by atoms with Gasteiger partial charge in [-0.3, -0.25) is 4.79 Å². The number of halogens is 2. The van der Waals surface area contributed by atoms with E-state index in [-0.39, 0.29) is 5.43 Å². The summed E-state index contributed by atoms with van der Waals surface area (Å²) in [7, 11) is 3.17. The second-order valence-corrected chi connectivity index (χ2v) is 8.25. The van der Waals surface area contributed by atoms with Crippen LogP contribution in [-0.2, 0) is 6.54 Å². The molecule has 4 aromatic rings. The standard InChI is InChI=1S/C24H19ClINO3/c1-29-21-12-17-20(28)13-19(16-10-6-7-11-18(16)25)27(14-15-8-4-3-5-9-15)23(17)22(26)24(21)30-2/h3-13H,14H2,1-2H3. The van der Waals surface area contributed by atoms with Gasteiger partial charge in [0, 0.05) is 23.2 Å². The van der Waals surface area contributed by atoms with E-state index in [0.29, 0.717) is 28.5 Å². The number of nitrogens with zero attached hydrogens (tertiary/aromatic N) is 1. The van der Waals surface area contributed by atoms with Crippen molar-refractivity contribution >= 4 is 45.1 Å². The molecule has 0 aliphatic heterocycles. The van der Waals surface area contributed by atoms with Gasteiger partial charge < -0.3 is 14.0 Å². The van der Waals surface area contributed by atoms with Gasteiger partial charge in [-0.1, -0.05) is 60.1 Å². The normalized spacial score (nSPS) is 10.9. The lowest BCUT2D eigenvalue weighted by molar-refractivity contribution is 0.353. The number of ether oxygens (including phenoxy) is 2. The Morgan fingerprint density at radius 3 is 2.33 bits per heavy atom. The third kappa shape index (κ3) is 3.68. The Labute approximate surface area is 193 Å². The highest BCUT2D eigenvalue weighted by Gasteiger charge is 2.21. The van der Waals surface area contributed by atoms with Crippen LogP contribution in [0.4, 0.5) is 0 Å². The van der Waals surface area contributed by atoms with Gasteiger partial charge in [0.05, 0.1) is 34.4 Å².